The summed E-state index contributed by atoms with van der Waals surface area (Å²) in [6, 6.07) is 9.85. The molecule has 1 saturated carbocycles. The van der Waals surface area contributed by atoms with Crippen LogP contribution in [0.2, 0.25) is 0 Å². The summed E-state index contributed by atoms with van der Waals surface area (Å²) < 4.78 is 7.04. The number of amides is 1. The van der Waals surface area contributed by atoms with Crippen LogP contribution >= 0.6 is 0 Å². The molecule has 1 aliphatic carbocycles. The fraction of sp³-hybridized carbons (Fsp3) is 0.222. The van der Waals surface area contributed by atoms with Crippen molar-refractivity contribution in [1.29, 1.82) is 0 Å². The standard InChI is InChI=1S/C18H17N3O2/c22-18(20-16-10-19-21(11-16)17-5-2-6-17)14-4-1-3-13(9-14)15-7-8-23-12-15/h1,3-4,7-12,17H,2,5-6H2,(H,20,22). The Morgan fingerprint density at radius 2 is 2.17 bits per heavy atom. The highest BCUT2D eigenvalue weighted by molar-refractivity contribution is 6.04. The Labute approximate surface area is 133 Å². The number of anilines is 1. The lowest BCUT2D eigenvalue weighted by Gasteiger charge is -2.25. The third kappa shape index (κ3) is 2.77. The molecule has 5 heteroatoms. The van der Waals surface area contributed by atoms with Gasteiger partial charge >= 0.3 is 0 Å². The van der Waals surface area contributed by atoms with Crippen LogP contribution in [0.4, 0.5) is 5.69 Å². The zero-order valence-electron chi connectivity index (χ0n) is 12.6. The average Bonchev–Trinajstić information content (AvgIpc) is 3.18. The van der Waals surface area contributed by atoms with E-state index in [1.54, 1.807) is 24.8 Å². The lowest BCUT2D eigenvalue weighted by Crippen LogP contribution is -2.17. The van der Waals surface area contributed by atoms with Crippen molar-refractivity contribution in [3.63, 3.8) is 0 Å². The third-order valence-corrected chi connectivity index (χ3v) is 4.29. The Bertz CT molecular complexity index is 816. The molecule has 1 aliphatic rings. The van der Waals surface area contributed by atoms with Gasteiger partial charge in [0.1, 0.15) is 0 Å². The maximum absolute atomic E-state index is 12.4. The smallest absolute Gasteiger partial charge is 0.255 e. The quantitative estimate of drug-likeness (QED) is 0.788. The van der Waals surface area contributed by atoms with Gasteiger partial charge in [-0.2, -0.15) is 5.10 Å². The molecule has 0 aliphatic heterocycles. The normalized spacial score (nSPS) is 14.4. The SMILES string of the molecule is O=C(Nc1cnn(C2CCC2)c1)c1cccc(-c2ccoc2)c1. The monoisotopic (exact) mass is 307 g/mol. The summed E-state index contributed by atoms with van der Waals surface area (Å²) in [5.74, 6) is -0.136. The largest absolute Gasteiger partial charge is 0.472 e. The van der Waals surface area contributed by atoms with Crippen LogP contribution in [-0.4, -0.2) is 15.7 Å². The number of hydrogen-bond acceptors (Lipinski definition) is 3. The van der Waals surface area contributed by atoms with Gasteiger partial charge in [-0.15, -0.1) is 0 Å². The predicted molar refractivity (Wildman–Crippen MR) is 87.2 cm³/mol. The summed E-state index contributed by atoms with van der Waals surface area (Å²) in [6.07, 6.45) is 10.5. The van der Waals surface area contributed by atoms with Crippen LogP contribution < -0.4 is 5.32 Å². The Morgan fingerprint density at radius 3 is 2.91 bits per heavy atom. The van der Waals surface area contributed by atoms with Gasteiger partial charge in [0.05, 0.1) is 30.5 Å². The number of furan rings is 1. The van der Waals surface area contributed by atoms with E-state index < -0.39 is 0 Å². The number of hydrogen-bond donors (Lipinski definition) is 1. The summed E-state index contributed by atoms with van der Waals surface area (Å²) in [4.78, 5) is 12.4. The van der Waals surface area contributed by atoms with E-state index in [0.717, 1.165) is 16.8 Å². The first-order valence-electron chi connectivity index (χ1n) is 7.78. The molecule has 116 valence electrons. The fourth-order valence-electron chi connectivity index (χ4n) is 2.73. The number of benzene rings is 1. The van der Waals surface area contributed by atoms with Gasteiger partial charge in [-0.1, -0.05) is 12.1 Å². The second-order valence-electron chi connectivity index (χ2n) is 5.84. The van der Waals surface area contributed by atoms with Gasteiger partial charge in [-0.25, -0.2) is 0 Å². The van der Waals surface area contributed by atoms with Crippen molar-refractivity contribution in [2.75, 3.05) is 5.32 Å². The molecule has 2 aromatic heterocycles. The van der Waals surface area contributed by atoms with E-state index >= 15 is 0 Å². The van der Waals surface area contributed by atoms with Crippen molar-refractivity contribution in [3.05, 3.63) is 60.8 Å². The van der Waals surface area contributed by atoms with Crippen molar-refractivity contribution >= 4 is 11.6 Å². The number of rotatable bonds is 4. The molecule has 0 atom stereocenters. The molecule has 0 saturated heterocycles. The van der Waals surface area contributed by atoms with Gasteiger partial charge in [0.25, 0.3) is 5.91 Å². The molecule has 1 aromatic carbocycles. The van der Waals surface area contributed by atoms with Crippen LogP contribution in [-0.2, 0) is 0 Å². The second-order valence-corrected chi connectivity index (χ2v) is 5.84. The number of carbonyl (C=O) groups is 1. The van der Waals surface area contributed by atoms with E-state index in [0.29, 0.717) is 11.6 Å². The molecule has 1 amide bonds. The van der Waals surface area contributed by atoms with E-state index in [1.807, 2.05) is 35.1 Å². The molecule has 0 spiro atoms. The lowest BCUT2D eigenvalue weighted by molar-refractivity contribution is 0.102. The van der Waals surface area contributed by atoms with Gasteiger partial charge < -0.3 is 9.73 Å². The second kappa shape index (κ2) is 5.76. The Morgan fingerprint density at radius 1 is 1.26 bits per heavy atom. The summed E-state index contributed by atoms with van der Waals surface area (Å²) in [5, 5.41) is 7.24. The molecule has 0 radical (unpaired) electrons. The van der Waals surface area contributed by atoms with E-state index in [-0.39, 0.29) is 5.91 Å². The first-order valence-corrected chi connectivity index (χ1v) is 7.78. The topological polar surface area (TPSA) is 60.1 Å². The van der Waals surface area contributed by atoms with E-state index in [1.165, 1.54) is 19.3 Å². The summed E-state index contributed by atoms with van der Waals surface area (Å²) in [6.45, 7) is 0. The first-order chi connectivity index (χ1) is 11.3. The van der Waals surface area contributed by atoms with Crippen LogP contribution in [0.25, 0.3) is 11.1 Å². The van der Waals surface area contributed by atoms with Crippen molar-refractivity contribution in [1.82, 2.24) is 9.78 Å². The fourth-order valence-corrected chi connectivity index (χ4v) is 2.73. The number of nitrogens with zero attached hydrogens (tertiary/aromatic N) is 2. The minimum absolute atomic E-state index is 0.136. The maximum atomic E-state index is 12.4. The molecule has 0 bridgehead atoms. The number of aromatic nitrogens is 2. The molecule has 3 aromatic rings. The highest BCUT2D eigenvalue weighted by Crippen LogP contribution is 2.31. The average molecular weight is 307 g/mol. The van der Waals surface area contributed by atoms with E-state index in [9.17, 15) is 4.79 Å². The van der Waals surface area contributed by atoms with Crippen LogP contribution in [0.15, 0.2) is 59.7 Å². The maximum Gasteiger partial charge on any atom is 0.255 e. The van der Waals surface area contributed by atoms with Gasteiger partial charge in [0, 0.05) is 17.3 Å². The third-order valence-electron chi connectivity index (χ3n) is 4.29. The van der Waals surface area contributed by atoms with E-state index in [4.69, 9.17) is 4.42 Å². The first kappa shape index (κ1) is 13.8. The summed E-state index contributed by atoms with van der Waals surface area (Å²) in [5.41, 5.74) is 3.25. The van der Waals surface area contributed by atoms with Crippen molar-refractivity contribution in [2.45, 2.75) is 25.3 Å². The summed E-state index contributed by atoms with van der Waals surface area (Å²) >= 11 is 0. The van der Waals surface area contributed by atoms with Crippen molar-refractivity contribution in [3.8, 4) is 11.1 Å². The highest BCUT2D eigenvalue weighted by atomic mass is 16.3. The molecular weight excluding hydrogens is 290 g/mol. The number of carbonyl (C=O) groups excluding carboxylic acids is 1. The van der Waals surface area contributed by atoms with Crippen molar-refractivity contribution in [2.24, 2.45) is 0 Å². The van der Waals surface area contributed by atoms with Gasteiger partial charge in [-0.3, -0.25) is 9.48 Å². The molecule has 5 nitrogen and oxygen atoms in total. The van der Waals surface area contributed by atoms with E-state index in [2.05, 4.69) is 10.4 Å². The molecule has 0 unspecified atom stereocenters. The lowest BCUT2D eigenvalue weighted by atomic mass is 9.93. The summed E-state index contributed by atoms with van der Waals surface area (Å²) in [7, 11) is 0. The Balaban J connectivity index is 1.50. The predicted octanol–water partition coefficient (Wildman–Crippen LogP) is 4.12. The van der Waals surface area contributed by atoms with Crippen LogP contribution in [0.3, 0.4) is 0 Å². The van der Waals surface area contributed by atoms with Gasteiger partial charge in [0.15, 0.2) is 0 Å². The van der Waals surface area contributed by atoms with Crippen LogP contribution in [0.5, 0.6) is 0 Å². The highest BCUT2D eigenvalue weighted by Gasteiger charge is 2.20. The Hall–Kier alpha value is -2.82. The van der Waals surface area contributed by atoms with Gasteiger partial charge in [-0.05, 0) is 43.0 Å². The minimum atomic E-state index is -0.136. The van der Waals surface area contributed by atoms with Crippen LogP contribution in [0, 0.1) is 0 Å². The van der Waals surface area contributed by atoms with Crippen LogP contribution in [0.1, 0.15) is 35.7 Å². The molecule has 1 fully saturated rings. The minimum Gasteiger partial charge on any atom is -0.472 e. The molecule has 23 heavy (non-hydrogen) atoms. The molecular formula is C18H17N3O2. The zero-order valence-corrected chi connectivity index (χ0v) is 12.6. The van der Waals surface area contributed by atoms with Gasteiger partial charge in [0.2, 0.25) is 0 Å². The Kier molecular flexibility index (Phi) is 3.46. The van der Waals surface area contributed by atoms with Crippen molar-refractivity contribution < 1.29 is 9.21 Å². The molecule has 4 rings (SSSR count). The number of nitrogens with one attached hydrogen (secondary N) is 1. The molecule has 1 N–H and O–H groups in total. The molecule has 2 heterocycles. The zero-order chi connectivity index (χ0) is 15.6.